The number of fused-ring (bicyclic) bond motifs is 1. The molecule has 2 unspecified atom stereocenters. The number of ether oxygens (including phenoxy) is 1. The lowest BCUT2D eigenvalue weighted by molar-refractivity contribution is -0.136. The summed E-state index contributed by atoms with van der Waals surface area (Å²) in [5, 5.41) is 16.6. The fourth-order valence-electron chi connectivity index (χ4n) is 8.53. The van der Waals surface area contributed by atoms with Crippen molar-refractivity contribution in [3.05, 3.63) is 84.7 Å². The van der Waals surface area contributed by atoms with E-state index < -0.39 is 24.3 Å². The maximum atomic E-state index is 13.7. The fourth-order valence-corrected chi connectivity index (χ4v) is 8.53. The van der Waals surface area contributed by atoms with Crippen LogP contribution in [-0.4, -0.2) is 91.1 Å². The minimum Gasteiger partial charge on any atom is -0.465 e. The van der Waals surface area contributed by atoms with E-state index in [1.807, 2.05) is 57.1 Å². The second-order valence-corrected chi connectivity index (χ2v) is 16.9. The predicted molar refractivity (Wildman–Crippen MR) is 225 cm³/mol. The third-order valence-corrected chi connectivity index (χ3v) is 11.7. The molecule has 0 radical (unpaired) electrons. The highest BCUT2D eigenvalue weighted by atomic mass is 16.5. The van der Waals surface area contributed by atoms with Gasteiger partial charge in [-0.05, 0) is 70.5 Å². The standard InChI is InChI=1S/C45H54N8O6/c1-24(2)38(50-44(56)57)42(54)52-22-26(5)16-36(52)40-46-20-34(48-40)29-10-8-28(9-11-29)30-12-13-32-19-33(15-14-31(32)18-30)35-21-47-41(49-35)37-17-27(6)23-53(37)43(55)39(25(3)4)51-45(58)59-7/h8-15,18-21,24-27,36-39,50H,16-17,22-23H2,1-7H3,(H,46,48)(H,47,49)(H,51,58)(H,56,57)/t26-,27?,36+,37?,38+,39+/m1/s1. The second kappa shape index (κ2) is 17.0. The molecule has 5 aromatic rings. The van der Waals surface area contributed by atoms with Crippen LogP contribution in [0.3, 0.4) is 0 Å². The van der Waals surface area contributed by atoms with Crippen LogP contribution in [0.5, 0.6) is 0 Å². The Morgan fingerprint density at radius 3 is 1.61 bits per heavy atom. The van der Waals surface area contributed by atoms with Crippen molar-refractivity contribution in [1.29, 1.82) is 0 Å². The van der Waals surface area contributed by atoms with Crippen LogP contribution in [0.15, 0.2) is 73.1 Å². The van der Waals surface area contributed by atoms with Crippen molar-refractivity contribution < 1.29 is 29.0 Å². The molecule has 0 spiro atoms. The number of amides is 4. The van der Waals surface area contributed by atoms with Crippen molar-refractivity contribution >= 4 is 34.8 Å². The van der Waals surface area contributed by atoms with Gasteiger partial charge in [-0.2, -0.15) is 0 Å². The Balaban J connectivity index is 1.04. The van der Waals surface area contributed by atoms with Gasteiger partial charge < -0.3 is 40.2 Å². The Bertz CT molecular complexity index is 2330. The number of hydrogen-bond donors (Lipinski definition) is 5. The number of aromatic amines is 2. The highest BCUT2D eigenvalue weighted by Gasteiger charge is 2.41. The Hall–Kier alpha value is -6.18. The van der Waals surface area contributed by atoms with Crippen LogP contribution in [-0.2, 0) is 14.3 Å². The van der Waals surface area contributed by atoms with Gasteiger partial charge in [-0.1, -0.05) is 90.1 Å². The van der Waals surface area contributed by atoms with Gasteiger partial charge in [0.1, 0.15) is 23.7 Å². The summed E-state index contributed by atoms with van der Waals surface area (Å²) in [6.45, 7) is 12.8. The van der Waals surface area contributed by atoms with Gasteiger partial charge in [-0.15, -0.1) is 0 Å². The summed E-state index contributed by atoms with van der Waals surface area (Å²) in [6.07, 6.45) is 3.41. The molecule has 2 fully saturated rings. The topological polar surface area (TPSA) is 186 Å². The van der Waals surface area contributed by atoms with Gasteiger partial charge in [0.25, 0.3) is 0 Å². The number of benzene rings is 3. The molecule has 59 heavy (non-hydrogen) atoms. The maximum absolute atomic E-state index is 13.7. The molecule has 4 heterocycles. The first-order valence-corrected chi connectivity index (χ1v) is 20.4. The van der Waals surface area contributed by atoms with Crippen molar-refractivity contribution in [2.45, 2.75) is 78.6 Å². The van der Waals surface area contributed by atoms with Crippen molar-refractivity contribution in [2.75, 3.05) is 20.2 Å². The molecule has 2 aromatic heterocycles. The molecule has 2 saturated heterocycles. The van der Waals surface area contributed by atoms with Crippen LogP contribution >= 0.6 is 0 Å². The first-order valence-electron chi connectivity index (χ1n) is 20.4. The van der Waals surface area contributed by atoms with E-state index in [1.165, 1.54) is 7.11 Å². The van der Waals surface area contributed by atoms with Crippen LogP contribution in [0.4, 0.5) is 9.59 Å². The smallest absolute Gasteiger partial charge is 0.407 e. The molecule has 0 aliphatic carbocycles. The van der Waals surface area contributed by atoms with Gasteiger partial charge in [-0.3, -0.25) is 9.59 Å². The van der Waals surface area contributed by atoms with Crippen LogP contribution in [0, 0.1) is 23.7 Å². The van der Waals surface area contributed by atoms with Gasteiger partial charge in [0.05, 0.1) is 30.6 Å². The molecule has 5 N–H and O–H groups in total. The zero-order valence-corrected chi connectivity index (χ0v) is 34.7. The van der Waals surface area contributed by atoms with Crippen LogP contribution < -0.4 is 10.6 Å². The Morgan fingerprint density at radius 2 is 1.12 bits per heavy atom. The van der Waals surface area contributed by atoms with Crippen LogP contribution in [0.25, 0.3) is 44.4 Å². The van der Waals surface area contributed by atoms with Crippen molar-refractivity contribution in [2.24, 2.45) is 23.7 Å². The van der Waals surface area contributed by atoms with Gasteiger partial charge in [0.2, 0.25) is 11.8 Å². The van der Waals surface area contributed by atoms with E-state index in [9.17, 15) is 24.3 Å². The maximum Gasteiger partial charge on any atom is 0.407 e. The van der Waals surface area contributed by atoms with E-state index in [0.29, 0.717) is 18.9 Å². The Morgan fingerprint density at radius 1 is 0.678 bits per heavy atom. The van der Waals surface area contributed by atoms with E-state index >= 15 is 0 Å². The van der Waals surface area contributed by atoms with E-state index in [1.54, 1.807) is 4.90 Å². The SMILES string of the molecule is COC(=O)N[C@H](C(=O)N1CC(C)CC1c1nc(-c2ccc3cc(-c4ccc(-c5c[nH]c([C@@H]6C[C@@H](C)CN6C(=O)[C@@H](NC(=O)O)C(C)C)n5)cc4)ccc3c2)c[nH]1)C(C)C. The number of carbonyl (C=O) groups excluding carboxylic acids is 3. The summed E-state index contributed by atoms with van der Waals surface area (Å²) >= 11 is 0. The number of carboxylic acid groups (broad SMARTS) is 1. The molecule has 2 aliphatic rings. The van der Waals surface area contributed by atoms with Gasteiger partial charge >= 0.3 is 12.2 Å². The first kappa shape index (κ1) is 41.0. The van der Waals surface area contributed by atoms with E-state index in [-0.39, 0.29) is 47.6 Å². The number of likely N-dealkylation sites (tertiary alicyclic amines) is 2. The minimum absolute atomic E-state index is 0.117. The zero-order valence-electron chi connectivity index (χ0n) is 34.7. The number of rotatable bonds is 11. The number of aromatic nitrogens is 4. The van der Waals surface area contributed by atoms with Crippen molar-refractivity contribution in [3.8, 4) is 33.6 Å². The third kappa shape index (κ3) is 8.67. The van der Waals surface area contributed by atoms with Crippen LogP contribution in [0.2, 0.25) is 0 Å². The Kier molecular flexibility index (Phi) is 11.8. The number of alkyl carbamates (subject to hydrolysis) is 1. The number of hydrogen-bond acceptors (Lipinski definition) is 7. The number of imidazole rings is 2. The summed E-state index contributed by atoms with van der Waals surface area (Å²) in [6, 6.07) is 18.9. The molecular formula is C45H54N8O6. The number of methoxy groups -OCH3 is 1. The predicted octanol–water partition coefficient (Wildman–Crippen LogP) is 7.78. The molecule has 7 rings (SSSR count). The average Bonchev–Trinajstić information content (AvgIpc) is 4.04. The lowest BCUT2D eigenvalue weighted by Crippen LogP contribution is -2.51. The van der Waals surface area contributed by atoms with E-state index in [2.05, 4.69) is 83.0 Å². The molecule has 0 saturated carbocycles. The molecule has 4 amide bonds. The van der Waals surface area contributed by atoms with Gasteiger partial charge in [-0.25, -0.2) is 19.6 Å². The summed E-state index contributed by atoms with van der Waals surface area (Å²) in [4.78, 5) is 70.8. The average molecular weight is 803 g/mol. The fraction of sp³-hybridized carbons (Fsp3) is 0.422. The summed E-state index contributed by atoms with van der Waals surface area (Å²) in [5.41, 5.74) is 5.60. The molecular weight excluding hydrogens is 749 g/mol. The lowest BCUT2D eigenvalue weighted by atomic mass is 9.98. The molecule has 14 heteroatoms. The normalized spacial score (nSPS) is 20.3. The molecule has 6 atom stereocenters. The van der Waals surface area contributed by atoms with Gasteiger partial charge in [0, 0.05) is 36.6 Å². The molecule has 3 aromatic carbocycles. The number of nitrogens with one attached hydrogen (secondary N) is 4. The largest absolute Gasteiger partial charge is 0.465 e. The molecule has 310 valence electrons. The van der Waals surface area contributed by atoms with Crippen LogP contribution in [0.1, 0.15) is 78.1 Å². The number of H-pyrrole nitrogens is 2. The van der Waals surface area contributed by atoms with Crippen molar-refractivity contribution in [3.63, 3.8) is 0 Å². The number of carbonyl (C=O) groups is 4. The summed E-state index contributed by atoms with van der Waals surface area (Å²) in [5.74, 6) is 1.25. The highest BCUT2D eigenvalue weighted by molar-refractivity contribution is 5.91. The zero-order chi connectivity index (χ0) is 42.1. The minimum atomic E-state index is -1.21. The lowest BCUT2D eigenvalue weighted by Gasteiger charge is -2.30. The molecule has 0 bridgehead atoms. The summed E-state index contributed by atoms with van der Waals surface area (Å²) < 4.78 is 4.78. The number of nitrogens with zero attached hydrogens (tertiary/aromatic N) is 4. The van der Waals surface area contributed by atoms with E-state index in [4.69, 9.17) is 14.7 Å². The van der Waals surface area contributed by atoms with Gasteiger partial charge in [0.15, 0.2) is 0 Å². The third-order valence-electron chi connectivity index (χ3n) is 11.7. The summed E-state index contributed by atoms with van der Waals surface area (Å²) in [7, 11) is 1.29. The van der Waals surface area contributed by atoms with Crippen molar-refractivity contribution in [1.82, 2.24) is 40.4 Å². The monoisotopic (exact) mass is 802 g/mol. The quantitative estimate of drug-likeness (QED) is 0.0896. The molecule has 2 aliphatic heterocycles. The van der Waals surface area contributed by atoms with E-state index in [0.717, 1.165) is 63.1 Å². The Labute approximate surface area is 344 Å². The first-order chi connectivity index (χ1) is 28.2. The second-order valence-electron chi connectivity index (χ2n) is 16.9. The highest BCUT2D eigenvalue weighted by Crippen LogP contribution is 2.38. The molecule has 14 nitrogen and oxygen atoms in total.